The minimum Gasteiger partial charge on any atom is -0.0634 e. The van der Waals surface area contributed by atoms with Gasteiger partial charge in [-0.15, -0.1) is 0 Å². The number of allylic oxidation sites excluding steroid dienone is 4. The highest BCUT2D eigenvalue weighted by atomic mass is 14.8. The van der Waals surface area contributed by atoms with Crippen LogP contribution in [0, 0.1) is 33.0 Å². The van der Waals surface area contributed by atoms with Gasteiger partial charge < -0.3 is 0 Å². The van der Waals surface area contributed by atoms with Crippen molar-refractivity contribution in [3.8, 4) is 0 Å². The molecule has 0 nitrogen and oxygen atoms in total. The SMILES string of the molecule is CC1=C(C)C2(C)C(C)C(C)(C)C(C)(C)C(C)(C(C)=C1C)C2(C)C. The lowest BCUT2D eigenvalue weighted by molar-refractivity contribution is -0.226. The molecule has 1 fully saturated rings. The van der Waals surface area contributed by atoms with E-state index in [1.54, 1.807) is 11.1 Å². The summed E-state index contributed by atoms with van der Waals surface area (Å²) in [7, 11) is 0. The first-order chi connectivity index (χ1) is 10.0. The minimum atomic E-state index is 0.161. The summed E-state index contributed by atoms with van der Waals surface area (Å²) in [6.07, 6.45) is 0. The third-order valence-corrected chi connectivity index (χ3v) is 10.6. The summed E-state index contributed by atoms with van der Waals surface area (Å²) in [5.41, 5.74) is 7.32. The zero-order chi connectivity index (χ0) is 18.4. The Hall–Kier alpha value is -0.520. The predicted molar refractivity (Wildman–Crippen MR) is 103 cm³/mol. The van der Waals surface area contributed by atoms with Gasteiger partial charge in [0, 0.05) is 5.41 Å². The van der Waals surface area contributed by atoms with Crippen LogP contribution in [0.4, 0.5) is 0 Å². The van der Waals surface area contributed by atoms with Crippen molar-refractivity contribution in [1.29, 1.82) is 0 Å². The van der Waals surface area contributed by atoms with E-state index >= 15 is 0 Å². The first-order valence-electron chi connectivity index (χ1n) is 9.40. The van der Waals surface area contributed by atoms with Crippen LogP contribution >= 0.6 is 0 Å². The molecular weight excluding hydrogens is 276 g/mol. The molecule has 132 valence electrons. The third-order valence-electron chi connectivity index (χ3n) is 10.6. The first kappa shape index (κ1) is 18.8. The van der Waals surface area contributed by atoms with E-state index in [1.807, 2.05) is 0 Å². The molecule has 0 aliphatic heterocycles. The fraction of sp³-hybridized carbons (Fsp3) is 0.826. The van der Waals surface area contributed by atoms with E-state index in [1.165, 1.54) is 11.1 Å². The van der Waals surface area contributed by atoms with E-state index in [-0.39, 0.29) is 27.1 Å². The Balaban J connectivity index is 3.10. The molecule has 3 unspecified atom stereocenters. The Labute approximate surface area is 145 Å². The molecule has 2 aliphatic carbocycles. The summed E-state index contributed by atoms with van der Waals surface area (Å²) in [5, 5.41) is 0. The monoisotopic (exact) mass is 316 g/mol. The van der Waals surface area contributed by atoms with Crippen LogP contribution in [0.3, 0.4) is 0 Å². The number of hydrogen-bond donors (Lipinski definition) is 0. The molecule has 0 aromatic heterocycles. The summed E-state index contributed by atoms with van der Waals surface area (Å²) in [5.74, 6) is 0.627. The quantitative estimate of drug-likeness (QED) is 0.436. The molecule has 0 heterocycles. The zero-order valence-corrected chi connectivity index (χ0v) is 18.1. The predicted octanol–water partition coefficient (Wildman–Crippen LogP) is 7.41. The Morgan fingerprint density at radius 3 is 1.43 bits per heavy atom. The lowest BCUT2D eigenvalue weighted by atomic mass is 9.30. The average Bonchev–Trinajstić information content (AvgIpc) is 2.48. The molecule has 0 saturated heterocycles. The molecule has 0 heteroatoms. The molecular formula is C23H40. The second-order valence-electron chi connectivity index (χ2n) is 10.5. The topological polar surface area (TPSA) is 0 Å². The van der Waals surface area contributed by atoms with Gasteiger partial charge in [-0.25, -0.2) is 0 Å². The second-order valence-corrected chi connectivity index (χ2v) is 10.5. The standard InChI is InChI=1S/C23H40/c1-14-15(2)17(4)23(13)20(8,9)19(6,7)18(5)22(12,16(14)3)21(23,10)11/h18H,1-13H3. The highest BCUT2D eigenvalue weighted by Gasteiger charge is 2.72. The summed E-state index contributed by atoms with van der Waals surface area (Å²) >= 11 is 0. The normalized spacial score (nSPS) is 41.9. The molecule has 0 aromatic rings. The van der Waals surface area contributed by atoms with Gasteiger partial charge in [0.2, 0.25) is 0 Å². The van der Waals surface area contributed by atoms with E-state index < -0.39 is 0 Å². The van der Waals surface area contributed by atoms with Crippen LogP contribution < -0.4 is 0 Å². The number of fused-ring (bicyclic) bond motifs is 2. The van der Waals surface area contributed by atoms with Crippen molar-refractivity contribution in [3.05, 3.63) is 22.3 Å². The van der Waals surface area contributed by atoms with E-state index in [9.17, 15) is 0 Å². The average molecular weight is 317 g/mol. The molecule has 1 saturated carbocycles. The van der Waals surface area contributed by atoms with Crippen molar-refractivity contribution >= 4 is 0 Å². The molecule has 0 aromatic carbocycles. The molecule has 0 N–H and O–H groups in total. The van der Waals surface area contributed by atoms with Gasteiger partial charge in [0.05, 0.1) is 0 Å². The summed E-state index contributed by atoms with van der Waals surface area (Å²) in [6.45, 7) is 32.3. The Bertz CT molecular complexity index is 608. The molecule has 2 aliphatic rings. The van der Waals surface area contributed by atoms with Gasteiger partial charge in [0.25, 0.3) is 0 Å². The van der Waals surface area contributed by atoms with Crippen molar-refractivity contribution in [3.63, 3.8) is 0 Å². The van der Waals surface area contributed by atoms with Gasteiger partial charge >= 0.3 is 0 Å². The fourth-order valence-corrected chi connectivity index (χ4v) is 6.81. The van der Waals surface area contributed by atoms with Crippen molar-refractivity contribution in [2.75, 3.05) is 0 Å². The first-order valence-corrected chi connectivity index (χ1v) is 9.40. The van der Waals surface area contributed by atoms with Gasteiger partial charge in [-0.05, 0) is 66.4 Å². The molecule has 2 bridgehead atoms. The van der Waals surface area contributed by atoms with Gasteiger partial charge in [-0.2, -0.15) is 0 Å². The van der Waals surface area contributed by atoms with Gasteiger partial charge in [0.1, 0.15) is 0 Å². The minimum absolute atomic E-state index is 0.161. The van der Waals surface area contributed by atoms with Crippen LogP contribution in [0.2, 0.25) is 0 Å². The summed E-state index contributed by atoms with van der Waals surface area (Å²) < 4.78 is 0. The maximum atomic E-state index is 2.56. The van der Waals surface area contributed by atoms with Crippen LogP contribution in [0.25, 0.3) is 0 Å². The molecule has 23 heavy (non-hydrogen) atoms. The van der Waals surface area contributed by atoms with Crippen LogP contribution in [0.15, 0.2) is 22.3 Å². The highest BCUT2D eigenvalue weighted by molar-refractivity contribution is 5.48. The van der Waals surface area contributed by atoms with Crippen LogP contribution in [0.5, 0.6) is 0 Å². The molecule has 3 atom stereocenters. The van der Waals surface area contributed by atoms with Crippen LogP contribution in [-0.4, -0.2) is 0 Å². The third kappa shape index (κ3) is 1.60. The van der Waals surface area contributed by atoms with Gasteiger partial charge in [-0.1, -0.05) is 73.5 Å². The highest BCUT2D eigenvalue weighted by Crippen LogP contribution is 2.78. The van der Waals surface area contributed by atoms with E-state index in [4.69, 9.17) is 0 Å². The van der Waals surface area contributed by atoms with Gasteiger partial charge in [0.15, 0.2) is 0 Å². The van der Waals surface area contributed by atoms with Crippen molar-refractivity contribution < 1.29 is 0 Å². The Morgan fingerprint density at radius 1 is 0.609 bits per heavy atom. The maximum absolute atomic E-state index is 2.56. The Kier molecular flexibility index (Phi) is 3.72. The zero-order valence-electron chi connectivity index (χ0n) is 18.1. The molecule has 0 radical (unpaired) electrons. The molecule has 0 spiro atoms. The van der Waals surface area contributed by atoms with Crippen molar-refractivity contribution in [2.45, 2.75) is 90.0 Å². The van der Waals surface area contributed by atoms with Gasteiger partial charge in [-0.3, -0.25) is 0 Å². The smallest absolute Gasteiger partial charge is 0.000245 e. The fourth-order valence-electron chi connectivity index (χ4n) is 6.81. The van der Waals surface area contributed by atoms with Crippen LogP contribution in [-0.2, 0) is 0 Å². The van der Waals surface area contributed by atoms with Crippen molar-refractivity contribution in [1.82, 2.24) is 0 Å². The van der Waals surface area contributed by atoms with E-state index in [0.717, 1.165) is 0 Å². The summed E-state index contributed by atoms with van der Waals surface area (Å²) in [6, 6.07) is 0. The lowest BCUT2D eigenvalue weighted by Gasteiger charge is -2.74. The number of rotatable bonds is 0. The largest absolute Gasteiger partial charge is 0.0634 e. The summed E-state index contributed by atoms with van der Waals surface area (Å²) in [4.78, 5) is 0. The van der Waals surface area contributed by atoms with E-state index in [0.29, 0.717) is 5.92 Å². The Morgan fingerprint density at radius 2 is 1.00 bits per heavy atom. The van der Waals surface area contributed by atoms with E-state index in [2.05, 4.69) is 90.0 Å². The molecule has 0 amide bonds. The second kappa shape index (κ2) is 4.55. The lowest BCUT2D eigenvalue weighted by Crippen LogP contribution is -2.68. The van der Waals surface area contributed by atoms with Crippen LogP contribution in [0.1, 0.15) is 90.0 Å². The maximum Gasteiger partial charge on any atom is 0.000245 e. The molecule has 2 rings (SSSR count). The number of hydrogen-bond acceptors (Lipinski definition) is 0. The van der Waals surface area contributed by atoms with Crippen molar-refractivity contribution in [2.24, 2.45) is 33.0 Å².